The number of halogens is 3. The summed E-state index contributed by atoms with van der Waals surface area (Å²) >= 11 is 5.24. The van der Waals surface area contributed by atoms with Crippen LogP contribution >= 0.6 is 38.5 Å². The number of hydrogen-bond donors (Lipinski definition) is 1. The Morgan fingerprint density at radius 1 is 1.18 bits per heavy atom. The molecule has 1 N–H and O–H groups in total. The average molecular weight is 478 g/mol. The van der Waals surface area contributed by atoms with Gasteiger partial charge in [0, 0.05) is 8.04 Å². The van der Waals surface area contributed by atoms with Gasteiger partial charge in [-0.25, -0.2) is 9.18 Å². The number of ether oxygens (including phenoxy) is 1. The number of carbonyl (C=O) groups excluding carboxylic acids is 2. The van der Waals surface area contributed by atoms with Crippen LogP contribution < -0.4 is 5.32 Å². The van der Waals surface area contributed by atoms with Crippen LogP contribution in [0.3, 0.4) is 0 Å². The van der Waals surface area contributed by atoms with Crippen molar-refractivity contribution in [2.45, 2.75) is 0 Å². The predicted molar refractivity (Wildman–Crippen MR) is 92.2 cm³/mol. The van der Waals surface area contributed by atoms with Crippen molar-refractivity contribution in [3.05, 3.63) is 61.9 Å². The van der Waals surface area contributed by atoms with E-state index in [4.69, 9.17) is 4.74 Å². The fraction of sp³-hybridized carbons (Fsp3) is 0.0667. The summed E-state index contributed by atoms with van der Waals surface area (Å²) in [5.41, 5.74) is 0.376. The maximum absolute atomic E-state index is 13.6. The molecule has 0 heterocycles. The van der Waals surface area contributed by atoms with Gasteiger partial charge in [-0.3, -0.25) is 4.79 Å². The van der Waals surface area contributed by atoms with Gasteiger partial charge in [-0.1, -0.05) is 15.9 Å². The summed E-state index contributed by atoms with van der Waals surface area (Å²) in [5.74, 6) is -1.80. The Bertz CT molecular complexity index is 706. The molecule has 4 nitrogen and oxygen atoms in total. The third-order valence-corrected chi connectivity index (χ3v) is 3.83. The van der Waals surface area contributed by atoms with Crippen molar-refractivity contribution in [2.24, 2.45) is 0 Å². The van der Waals surface area contributed by atoms with Crippen LogP contribution in [-0.4, -0.2) is 18.5 Å². The standard InChI is InChI=1S/C15H10BrFINO3/c16-10-3-6-13(12(17)7-10)19-14(20)8-22-15(21)9-1-4-11(18)5-2-9/h1-7H,8H2,(H,19,20). The summed E-state index contributed by atoms with van der Waals surface area (Å²) in [7, 11) is 0. The molecule has 0 atom stereocenters. The molecule has 2 aromatic rings. The number of carbonyl (C=O) groups is 2. The Labute approximate surface area is 148 Å². The molecule has 0 unspecified atom stereocenters. The summed E-state index contributed by atoms with van der Waals surface area (Å²) in [4.78, 5) is 23.4. The lowest BCUT2D eigenvalue weighted by Gasteiger charge is -2.08. The largest absolute Gasteiger partial charge is 0.452 e. The minimum absolute atomic E-state index is 0.0264. The molecule has 22 heavy (non-hydrogen) atoms. The van der Waals surface area contributed by atoms with Gasteiger partial charge < -0.3 is 10.1 Å². The number of esters is 1. The van der Waals surface area contributed by atoms with Crippen LogP contribution in [0.1, 0.15) is 10.4 Å². The second-order valence-corrected chi connectivity index (χ2v) is 6.42. The molecule has 2 aromatic carbocycles. The second kappa shape index (κ2) is 7.68. The molecule has 0 saturated heterocycles. The molecular formula is C15H10BrFINO3. The molecule has 0 aliphatic rings. The van der Waals surface area contributed by atoms with Gasteiger partial charge in [-0.2, -0.15) is 0 Å². The molecule has 1 amide bonds. The fourth-order valence-corrected chi connectivity index (χ4v) is 2.27. The molecule has 0 aliphatic heterocycles. The monoisotopic (exact) mass is 477 g/mol. The Kier molecular flexibility index (Phi) is 5.90. The molecule has 0 radical (unpaired) electrons. The van der Waals surface area contributed by atoms with Crippen LogP contribution in [0.25, 0.3) is 0 Å². The van der Waals surface area contributed by atoms with Crippen molar-refractivity contribution in [1.29, 1.82) is 0 Å². The lowest BCUT2D eigenvalue weighted by atomic mass is 10.2. The van der Waals surface area contributed by atoms with Crippen molar-refractivity contribution in [1.82, 2.24) is 0 Å². The molecule has 0 spiro atoms. The van der Waals surface area contributed by atoms with E-state index in [1.807, 2.05) is 0 Å². The predicted octanol–water partition coefficient (Wildman–Crippen LogP) is 3.99. The van der Waals surface area contributed by atoms with Gasteiger partial charge >= 0.3 is 5.97 Å². The van der Waals surface area contributed by atoms with E-state index in [9.17, 15) is 14.0 Å². The maximum Gasteiger partial charge on any atom is 0.338 e. The minimum Gasteiger partial charge on any atom is -0.452 e. The van der Waals surface area contributed by atoms with Gasteiger partial charge in [-0.05, 0) is 65.1 Å². The second-order valence-electron chi connectivity index (χ2n) is 4.26. The van der Waals surface area contributed by atoms with Crippen LogP contribution in [0.5, 0.6) is 0 Å². The summed E-state index contributed by atoms with van der Waals surface area (Å²) in [6.07, 6.45) is 0. The van der Waals surface area contributed by atoms with Crippen LogP contribution in [0, 0.1) is 9.39 Å². The first-order valence-corrected chi connectivity index (χ1v) is 8.00. The van der Waals surface area contributed by atoms with Gasteiger partial charge in [0.25, 0.3) is 5.91 Å². The van der Waals surface area contributed by atoms with Crippen LogP contribution in [0.4, 0.5) is 10.1 Å². The number of nitrogens with one attached hydrogen (secondary N) is 1. The van der Waals surface area contributed by atoms with E-state index < -0.39 is 24.3 Å². The molecule has 0 aromatic heterocycles. The van der Waals surface area contributed by atoms with Gasteiger partial charge in [0.05, 0.1) is 11.3 Å². The number of amides is 1. The first-order valence-electron chi connectivity index (χ1n) is 6.13. The SMILES string of the molecule is O=C(COC(=O)c1ccc(I)cc1)Nc1ccc(Br)cc1F. The molecule has 7 heteroatoms. The van der Waals surface area contributed by atoms with Gasteiger partial charge in [0.15, 0.2) is 6.61 Å². The molecule has 0 bridgehead atoms. The molecule has 0 aliphatic carbocycles. The highest BCUT2D eigenvalue weighted by molar-refractivity contribution is 14.1. The van der Waals surface area contributed by atoms with Crippen LogP contribution in [0.15, 0.2) is 46.9 Å². The maximum atomic E-state index is 13.6. The summed E-state index contributed by atoms with van der Waals surface area (Å²) in [6.45, 7) is -0.486. The smallest absolute Gasteiger partial charge is 0.338 e. The third kappa shape index (κ3) is 4.77. The van der Waals surface area contributed by atoms with E-state index >= 15 is 0 Å². The molecule has 0 fully saturated rings. The van der Waals surface area contributed by atoms with Crippen molar-refractivity contribution in [2.75, 3.05) is 11.9 Å². The molecule has 114 valence electrons. The number of hydrogen-bond acceptors (Lipinski definition) is 3. The normalized spacial score (nSPS) is 10.1. The van der Waals surface area contributed by atoms with E-state index in [0.717, 1.165) is 3.57 Å². The van der Waals surface area contributed by atoms with E-state index in [0.29, 0.717) is 10.0 Å². The van der Waals surface area contributed by atoms with E-state index in [-0.39, 0.29) is 5.69 Å². The quantitative estimate of drug-likeness (QED) is 0.535. The fourth-order valence-electron chi connectivity index (χ4n) is 1.58. The van der Waals surface area contributed by atoms with Gasteiger partial charge in [0.1, 0.15) is 5.82 Å². The summed E-state index contributed by atoms with van der Waals surface area (Å²) < 4.78 is 20.0. The molecule has 0 saturated carbocycles. The van der Waals surface area contributed by atoms with E-state index in [1.54, 1.807) is 30.3 Å². The van der Waals surface area contributed by atoms with Gasteiger partial charge in [0.2, 0.25) is 0 Å². The zero-order chi connectivity index (χ0) is 16.1. The highest BCUT2D eigenvalue weighted by Gasteiger charge is 2.12. The van der Waals surface area contributed by atoms with Crippen LogP contribution in [0.2, 0.25) is 0 Å². The van der Waals surface area contributed by atoms with Gasteiger partial charge in [-0.15, -0.1) is 0 Å². The first kappa shape index (κ1) is 16.9. The van der Waals surface area contributed by atoms with Crippen LogP contribution in [-0.2, 0) is 9.53 Å². The van der Waals surface area contributed by atoms with E-state index in [2.05, 4.69) is 43.8 Å². The highest BCUT2D eigenvalue weighted by atomic mass is 127. The highest BCUT2D eigenvalue weighted by Crippen LogP contribution is 2.19. The summed E-state index contributed by atoms with van der Waals surface area (Å²) in [5, 5.41) is 2.34. The van der Waals surface area contributed by atoms with Crippen molar-refractivity contribution >= 4 is 56.1 Å². The zero-order valence-electron chi connectivity index (χ0n) is 11.1. The molecule has 2 rings (SSSR count). The average Bonchev–Trinajstić information content (AvgIpc) is 2.48. The van der Waals surface area contributed by atoms with Crippen molar-refractivity contribution < 1.29 is 18.7 Å². The number of rotatable bonds is 4. The molecular weight excluding hydrogens is 468 g/mol. The minimum atomic E-state index is -0.611. The summed E-state index contributed by atoms with van der Waals surface area (Å²) in [6, 6.07) is 11.0. The first-order chi connectivity index (χ1) is 10.5. The number of benzene rings is 2. The topological polar surface area (TPSA) is 55.4 Å². The third-order valence-electron chi connectivity index (χ3n) is 2.62. The lowest BCUT2D eigenvalue weighted by Crippen LogP contribution is -2.21. The van der Waals surface area contributed by atoms with Crippen molar-refractivity contribution in [3.8, 4) is 0 Å². The Morgan fingerprint density at radius 2 is 1.86 bits per heavy atom. The Morgan fingerprint density at radius 3 is 2.50 bits per heavy atom. The van der Waals surface area contributed by atoms with Crippen molar-refractivity contribution in [3.63, 3.8) is 0 Å². The van der Waals surface area contributed by atoms with E-state index in [1.165, 1.54) is 12.1 Å². The number of anilines is 1. The zero-order valence-corrected chi connectivity index (χ0v) is 14.9. The lowest BCUT2D eigenvalue weighted by molar-refractivity contribution is -0.119. The Hall–Kier alpha value is -1.48. The Balaban J connectivity index is 1.89.